The lowest BCUT2D eigenvalue weighted by atomic mass is 10.5. The highest BCUT2D eigenvalue weighted by Gasteiger charge is 1.95. The van der Waals surface area contributed by atoms with Crippen LogP contribution in [-0.2, 0) is 0 Å². The van der Waals surface area contributed by atoms with Crippen molar-refractivity contribution in [3.05, 3.63) is 24.3 Å². The van der Waals surface area contributed by atoms with Crippen LogP contribution >= 0.6 is 12.9 Å². The molecule has 1 aromatic rings. The molecule has 4 heteroatoms. The predicted molar refractivity (Wildman–Crippen MR) is 38.5 cm³/mol. The van der Waals surface area contributed by atoms with E-state index in [0.717, 1.165) is 3.69 Å². The zero-order chi connectivity index (χ0) is 6.69. The van der Waals surface area contributed by atoms with E-state index in [1.807, 2.05) is 0 Å². The average molecular weight is 200 g/mol. The Hall–Kier alpha value is 0.326. The molecule has 0 unspecified atom stereocenters. The Morgan fingerprint density at radius 3 is 2.78 bits per heavy atom. The minimum atomic E-state index is -0.420. The van der Waals surface area contributed by atoms with E-state index >= 15 is 0 Å². The fraction of sp³-hybridized carbons (Fsp3) is 0. The van der Waals surface area contributed by atoms with Gasteiger partial charge >= 0.3 is 18.2 Å². The molecule has 0 amide bonds. The molecule has 0 aromatic carbocycles. The maximum atomic E-state index is 12.3. The summed E-state index contributed by atoms with van der Waals surface area (Å²) in [7, 11) is 0. The SMILES string of the molecule is Fc1cnc[c]([Mg][Br])c1. The molecule has 0 saturated carbocycles. The number of halogens is 2. The van der Waals surface area contributed by atoms with E-state index in [1.54, 1.807) is 6.20 Å². The standard InChI is InChI=1S/C5H3FN.BrH.Mg/c6-5-2-1-3-7-4-5;;/h2-4H;1H;/q;;+1/p-1. The van der Waals surface area contributed by atoms with E-state index in [4.69, 9.17) is 0 Å². The topological polar surface area (TPSA) is 12.9 Å². The summed E-state index contributed by atoms with van der Waals surface area (Å²) in [5, 5.41) is 0. The quantitative estimate of drug-likeness (QED) is 0.613. The summed E-state index contributed by atoms with van der Waals surface area (Å²) < 4.78 is 13.3. The number of hydrogen-bond donors (Lipinski definition) is 0. The second kappa shape index (κ2) is 3.48. The molecule has 9 heavy (non-hydrogen) atoms. The van der Waals surface area contributed by atoms with Crippen LogP contribution in [0.25, 0.3) is 0 Å². The van der Waals surface area contributed by atoms with E-state index < -0.39 is 18.2 Å². The van der Waals surface area contributed by atoms with Gasteiger partial charge in [-0.3, -0.25) is 17.9 Å². The molecule has 0 N–H and O–H groups in total. The van der Waals surface area contributed by atoms with Crippen molar-refractivity contribution in [1.82, 2.24) is 4.98 Å². The normalized spacial score (nSPS) is 8.67. The zero-order valence-corrected chi connectivity index (χ0v) is 7.64. The van der Waals surface area contributed by atoms with Crippen LogP contribution in [0.5, 0.6) is 0 Å². The Kier molecular flexibility index (Phi) is 2.88. The third-order valence-electron chi connectivity index (χ3n) is 0.916. The van der Waals surface area contributed by atoms with Gasteiger partial charge in [0.15, 0.2) is 0 Å². The van der Waals surface area contributed by atoms with Gasteiger partial charge < -0.3 is 0 Å². The van der Waals surface area contributed by atoms with Crippen LogP contribution in [0.3, 0.4) is 0 Å². The van der Waals surface area contributed by atoms with Crippen LogP contribution in [0.1, 0.15) is 0 Å². The van der Waals surface area contributed by atoms with Crippen LogP contribution in [0.2, 0.25) is 0 Å². The predicted octanol–water partition coefficient (Wildman–Crippen LogP) is 0.860. The molecule has 0 atom stereocenters. The van der Waals surface area contributed by atoms with E-state index in [2.05, 4.69) is 17.9 Å². The molecule has 0 aliphatic carbocycles. The van der Waals surface area contributed by atoms with Gasteiger partial charge in [0.25, 0.3) is 0 Å². The van der Waals surface area contributed by atoms with E-state index in [0.29, 0.717) is 0 Å². The highest BCUT2D eigenvalue weighted by Crippen LogP contribution is 1.88. The summed E-state index contributed by atoms with van der Waals surface area (Å²) in [4.78, 5) is 3.68. The van der Waals surface area contributed by atoms with Gasteiger partial charge in [-0.15, -0.1) is 3.69 Å². The van der Waals surface area contributed by atoms with Gasteiger partial charge in [0.2, 0.25) is 0 Å². The number of hydrogen-bond acceptors (Lipinski definition) is 1. The molecule has 1 nitrogen and oxygen atoms in total. The Labute approximate surface area is 68.3 Å². The van der Waals surface area contributed by atoms with Crippen LogP contribution in [0.15, 0.2) is 18.5 Å². The van der Waals surface area contributed by atoms with Crippen molar-refractivity contribution in [2.24, 2.45) is 0 Å². The summed E-state index contributed by atoms with van der Waals surface area (Å²) in [6.45, 7) is 0. The highest BCUT2D eigenvalue weighted by atomic mass is 79.9. The number of pyridine rings is 1. The molecule has 1 aromatic heterocycles. The largest absolute Gasteiger partial charge is 0.509 e. The van der Waals surface area contributed by atoms with E-state index in [9.17, 15) is 4.39 Å². The molecular formula is C5H3BrFMgN. The summed E-state index contributed by atoms with van der Waals surface area (Å²) in [5.74, 6) is -0.251. The van der Waals surface area contributed by atoms with Gasteiger partial charge in [-0.1, -0.05) is 0 Å². The maximum absolute atomic E-state index is 12.3. The molecule has 1 rings (SSSR count). The average Bonchev–Trinajstić information content (AvgIpc) is 1.88. The van der Waals surface area contributed by atoms with Crippen molar-refractivity contribution in [3.63, 3.8) is 0 Å². The summed E-state index contributed by atoms with van der Waals surface area (Å²) in [5.41, 5.74) is 0. The van der Waals surface area contributed by atoms with Crippen molar-refractivity contribution in [1.29, 1.82) is 0 Å². The third-order valence-corrected chi connectivity index (χ3v) is 3.55. The first-order chi connectivity index (χ1) is 4.33. The lowest BCUT2D eigenvalue weighted by Gasteiger charge is -1.90. The fourth-order valence-corrected chi connectivity index (χ4v) is 1.90. The third kappa shape index (κ3) is 2.19. The maximum Gasteiger partial charge on any atom is 0.509 e. The summed E-state index contributed by atoms with van der Waals surface area (Å²) >= 11 is 2.90. The van der Waals surface area contributed by atoms with Crippen LogP contribution in [0, 0.1) is 5.82 Å². The second-order valence-corrected chi connectivity index (χ2v) is 4.41. The lowest BCUT2D eigenvalue weighted by molar-refractivity contribution is 0.623. The first-order valence-corrected chi connectivity index (χ1v) is 7.09. The van der Waals surface area contributed by atoms with Gasteiger partial charge in [-0.2, -0.15) is 0 Å². The van der Waals surface area contributed by atoms with Crippen LogP contribution < -0.4 is 3.69 Å². The van der Waals surface area contributed by atoms with Gasteiger partial charge in [-0.25, -0.2) is 4.39 Å². The lowest BCUT2D eigenvalue weighted by Crippen LogP contribution is -2.08. The highest BCUT2D eigenvalue weighted by molar-refractivity contribution is 9.23. The molecular weight excluding hydrogens is 197 g/mol. The molecule has 0 aliphatic rings. The van der Waals surface area contributed by atoms with Crippen molar-refractivity contribution >= 4 is 34.8 Å². The monoisotopic (exact) mass is 199 g/mol. The minimum Gasteiger partial charge on any atom is -0.296 e. The number of nitrogens with zero attached hydrogens (tertiary/aromatic N) is 1. The first kappa shape index (κ1) is 7.43. The Balaban J connectivity index is 2.94. The number of rotatable bonds is 1. The van der Waals surface area contributed by atoms with E-state index in [1.165, 1.54) is 12.3 Å². The van der Waals surface area contributed by atoms with Crippen LogP contribution in [-0.4, -0.2) is 23.2 Å². The van der Waals surface area contributed by atoms with Crippen molar-refractivity contribution < 1.29 is 4.39 Å². The smallest absolute Gasteiger partial charge is 0.296 e. The molecule has 0 aliphatic heterocycles. The fourth-order valence-electron chi connectivity index (χ4n) is 0.529. The molecule has 0 fully saturated rings. The van der Waals surface area contributed by atoms with E-state index in [-0.39, 0.29) is 5.82 Å². The van der Waals surface area contributed by atoms with Crippen molar-refractivity contribution in [2.75, 3.05) is 0 Å². The molecule has 44 valence electrons. The molecule has 0 bridgehead atoms. The Morgan fingerprint density at radius 1 is 1.56 bits per heavy atom. The summed E-state index contributed by atoms with van der Waals surface area (Å²) in [6.07, 6.45) is 2.89. The Bertz CT molecular complexity index is 206. The van der Waals surface area contributed by atoms with Crippen molar-refractivity contribution in [3.8, 4) is 0 Å². The Morgan fingerprint density at radius 2 is 2.33 bits per heavy atom. The minimum absolute atomic E-state index is 0.251. The number of aromatic nitrogens is 1. The molecule has 0 spiro atoms. The van der Waals surface area contributed by atoms with Crippen LogP contribution in [0.4, 0.5) is 4.39 Å². The van der Waals surface area contributed by atoms with Gasteiger partial charge in [-0.05, 0) is 6.07 Å². The zero-order valence-electron chi connectivity index (χ0n) is 4.64. The van der Waals surface area contributed by atoms with Gasteiger partial charge in [0, 0.05) is 6.20 Å². The molecule has 1 heterocycles. The van der Waals surface area contributed by atoms with Gasteiger partial charge in [0.1, 0.15) is 5.82 Å². The molecule has 0 radical (unpaired) electrons. The molecule has 0 saturated heterocycles. The van der Waals surface area contributed by atoms with Gasteiger partial charge in [0.05, 0.1) is 6.20 Å². The van der Waals surface area contributed by atoms with Crippen molar-refractivity contribution in [2.45, 2.75) is 0 Å². The second-order valence-electron chi connectivity index (χ2n) is 1.65. The summed E-state index contributed by atoms with van der Waals surface area (Å²) in [6, 6.07) is 1.51. The first-order valence-electron chi connectivity index (χ1n) is 2.48.